The molecule has 0 aromatic heterocycles. The van der Waals surface area contributed by atoms with Gasteiger partial charge in [-0.3, -0.25) is 0 Å². The van der Waals surface area contributed by atoms with Gasteiger partial charge in [0.2, 0.25) is 0 Å². The zero-order valence-corrected chi connectivity index (χ0v) is 22.6. The molecule has 0 radical (unpaired) electrons. The van der Waals surface area contributed by atoms with Crippen molar-refractivity contribution in [1.29, 1.82) is 0 Å². The van der Waals surface area contributed by atoms with Gasteiger partial charge >= 0.3 is 0 Å². The van der Waals surface area contributed by atoms with E-state index >= 15 is 0 Å². The Morgan fingerprint density at radius 3 is 1.41 bits per heavy atom. The molecule has 0 fully saturated rings. The van der Waals surface area contributed by atoms with Crippen molar-refractivity contribution in [3.05, 3.63) is 77.9 Å². The molecule has 3 aromatic rings. The van der Waals surface area contributed by atoms with E-state index in [2.05, 4.69) is 91.0 Å². The predicted octanol–water partition coefficient (Wildman–Crippen LogP) is 6.24. The fourth-order valence-corrected chi connectivity index (χ4v) is 13.8. The first-order valence-electron chi connectivity index (χ1n) is 11.3. The maximum Gasteiger partial charge on any atom is 0.123 e. The van der Waals surface area contributed by atoms with Crippen LogP contribution in [0, 0.1) is 0 Å². The van der Waals surface area contributed by atoms with Gasteiger partial charge in [0, 0.05) is 10.6 Å². The molecule has 32 heavy (non-hydrogen) atoms. The van der Waals surface area contributed by atoms with E-state index in [0.29, 0.717) is 11.5 Å². The molecular formula is C28H37O2PSi. The zero-order chi connectivity index (χ0) is 23.9. The molecule has 0 amide bonds. The summed E-state index contributed by atoms with van der Waals surface area (Å²) in [7, 11) is -3.17. The van der Waals surface area contributed by atoms with Crippen molar-refractivity contribution in [3.8, 4) is 11.5 Å². The first-order valence-corrected chi connectivity index (χ1v) is 16.4. The van der Waals surface area contributed by atoms with Gasteiger partial charge in [0.05, 0.1) is 0 Å². The van der Waals surface area contributed by atoms with E-state index in [-0.39, 0.29) is 10.8 Å². The van der Waals surface area contributed by atoms with E-state index in [1.807, 2.05) is 30.3 Å². The second kappa shape index (κ2) is 8.69. The lowest BCUT2D eigenvalue weighted by Gasteiger charge is -2.36. The molecule has 0 aliphatic carbocycles. The highest BCUT2D eigenvalue weighted by atomic mass is 31.4. The lowest BCUT2D eigenvalue weighted by Crippen LogP contribution is -2.45. The Morgan fingerprint density at radius 1 is 0.625 bits per heavy atom. The summed E-state index contributed by atoms with van der Waals surface area (Å²) in [6.45, 7) is 17.9. The third-order valence-electron chi connectivity index (χ3n) is 6.20. The van der Waals surface area contributed by atoms with Gasteiger partial charge < -0.3 is 10.2 Å². The van der Waals surface area contributed by atoms with E-state index in [1.54, 1.807) is 0 Å². The normalized spacial score (nSPS) is 12.9. The molecule has 0 saturated heterocycles. The molecule has 0 aliphatic heterocycles. The Hall–Kier alpha value is -2.09. The minimum atomic E-state index is -2.17. The minimum absolute atomic E-state index is 0.0306. The molecule has 3 rings (SSSR count). The van der Waals surface area contributed by atoms with Gasteiger partial charge in [-0.15, -0.1) is 0 Å². The summed E-state index contributed by atoms with van der Waals surface area (Å²) >= 11 is 0. The molecule has 0 atom stereocenters. The highest BCUT2D eigenvalue weighted by Gasteiger charge is 2.39. The summed E-state index contributed by atoms with van der Waals surface area (Å²) in [5.74, 6) is 0.641. The van der Waals surface area contributed by atoms with Crippen molar-refractivity contribution < 1.29 is 10.2 Å². The standard InChI is InChI=1S/C28H37O2PSi/c1-27(2,3)20-14-16-23(29)25(18-20)31(32(7,8)22-12-10-9-11-13-22)26-19-21(28(4,5)6)15-17-24(26)30/h9-19,29-30H,1-8H3. The third-order valence-corrected chi connectivity index (χ3v) is 16.3. The number of phenols is 2. The van der Waals surface area contributed by atoms with Crippen LogP contribution in [0.25, 0.3) is 0 Å². The maximum absolute atomic E-state index is 11.1. The number of hydrogen-bond donors (Lipinski definition) is 2. The van der Waals surface area contributed by atoms with Crippen molar-refractivity contribution in [3.63, 3.8) is 0 Å². The Bertz CT molecular complexity index is 1030. The van der Waals surface area contributed by atoms with E-state index in [1.165, 1.54) is 16.3 Å². The minimum Gasteiger partial charge on any atom is -0.507 e. The SMILES string of the molecule is CC(C)(C)c1ccc(O)c(P(c2cc(C(C)(C)C)ccc2O)[Si](C)(C)c2ccccc2)c1. The fraction of sp³-hybridized carbons (Fsp3) is 0.357. The van der Waals surface area contributed by atoms with Gasteiger partial charge in [0.25, 0.3) is 0 Å². The number of aromatic hydroxyl groups is 2. The first-order chi connectivity index (χ1) is 14.7. The van der Waals surface area contributed by atoms with Gasteiger partial charge in [-0.25, -0.2) is 0 Å². The summed E-state index contributed by atoms with van der Waals surface area (Å²) in [5.41, 5.74) is 2.33. The number of hydrogen-bond acceptors (Lipinski definition) is 2. The van der Waals surface area contributed by atoms with Crippen molar-refractivity contribution in [2.75, 3.05) is 0 Å². The Labute approximate surface area is 196 Å². The lowest BCUT2D eigenvalue weighted by atomic mass is 9.87. The number of phenolic OH excluding ortho intramolecular Hbond substituents is 2. The average Bonchev–Trinajstić information content (AvgIpc) is 2.69. The number of rotatable bonds is 4. The van der Waals surface area contributed by atoms with Gasteiger partial charge in [0.1, 0.15) is 19.2 Å². The van der Waals surface area contributed by atoms with Crippen LogP contribution in [0.15, 0.2) is 66.7 Å². The highest BCUT2D eigenvalue weighted by Crippen LogP contribution is 2.49. The summed E-state index contributed by atoms with van der Waals surface area (Å²) in [6.07, 6.45) is 0. The molecule has 0 unspecified atom stereocenters. The summed E-state index contributed by atoms with van der Waals surface area (Å²) in [5, 5.41) is 25.5. The van der Waals surface area contributed by atoms with E-state index in [0.717, 1.165) is 10.6 Å². The second-order valence-corrected chi connectivity index (χ2v) is 21.2. The zero-order valence-electron chi connectivity index (χ0n) is 20.7. The molecule has 0 heterocycles. The Kier molecular flexibility index (Phi) is 6.66. The van der Waals surface area contributed by atoms with Crippen LogP contribution in [0.3, 0.4) is 0 Å². The molecular weight excluding hydrogens is 427 g/mol. The molecule has 2 N–H and O–H groups in total. The fourth-order valence-electron chi connectivity index (χ4n) is 4.05. The molecule has 0 bridgehead atoms. The molecule has 4 heteroatoms. The molecule has 3 aromatic carbocycles. The van der Waals surface area contributed by atoms with Crippen molar-refractivity contribution in [1.82, 2.24) is 0 Å². The number of benzene rings is 3. The van der Waals surface area contributed by atoms with Crippen LogP contribution in [0.5, 0.6) is 11.5 Å². The van der Waals surface area contributed by atoms with Crippen LogP contribution in [-0.2, 0) is 10.8 Å². The highest BCUT2D eigenvalue weighted by molar-refractivity contribution is 8.06. The van der Waals surface area contributed by atoms with E-state index < -0.39 is 15.2 Å². The topological polar surface area (TPSA) is 40.5 Å². The average molecular weight is 465 g/mol. The lowest BCUT2D eigenvalue weighted by molar-refractivity contribution is 0.478. The van der Waals surface area contributed by atoms with Gasteiger partial charge in [-0.05, 0) is 53.7 Å². The van der Waals surface area contributed by atoms with E-state index in [4.69, 9.17) is 0 Å². The third kappa shape index (κ3) is 4.95. The van der Waals surface area contributed by atoms with Crippen molar-refractivity contribution in [2.24, 2.45) is 0 Å². The molecule has 0 spiro atoms. The summed E-state index contributed by atoms with van der Waals surface area (Å²) in [4.78, 5) is 0. The van der Waals surface area contributed by atoms with E-state index in [9.17, 15) is 10.2 Å². The molecule has 0 aliphatic rings. The molecule has 0 saturated carbocycles. The van der Waals surface area contributed by atoms with Crippen molar-refractivity contribution in [2.45, 2.75) is 65.5 Å². The Balaban J connectivity index is 2.35. The van der Waals surface area contributed by atoms with Crippen molar-refractivity contribution >= 4 is 31.0 Å². The summed E-state index contributed by atoms with van der Waals surface area (Å²) < 4.78 is 0. The maximum atomic E-state index is 11.1. The van der Waals surface area contributed by atoms with Crippen LogP contribution < -0.4 is 15.8 Å². The monoisotopic (exact) mass is 464 g/mol. The second-order valence-electron chi connectivity index (χ2n) is 11.2. The van der Waals surface area contributed by atoms with Crippen LogP contribution in [0.4, 0.5) is 0 Å². The molecule has 170 valence electrons. The van der Waals surface area contributed by atoms with Gasteiger partial charge in [-0.2, -0.15) is 0 Å². The van der Waals surface area contributed by atoms with Crippen LogP contribution in [-0.4, -0.2) is 18.0 Å². The predicted molar refractivity (Wildman–Crippen MR) is 143 cm³/mol. The largest absolute Gasteiger partial charge is 0.507 e. The molecule has 2 nitrogen and oxygen atoms in total. The smallest absolute Gasteiger partial charge is 0.123 e. The van der Waals surface area contributed by atoms with Crippen LogP contribution in [0.2, 0.25) is 13.1 Å². The van der Waals surface area contributed by atoms with Gasteiger partial charge in [0.15, 0.2) is 0 Å². The van der Waals surface area contributed by atoms with Crippen LogP contribution >= 0.6 is 7.47 Å². The van der Waals surface area contributed by atoms with Crippen LogP contribution in [0.1, 0.15) is 52.7 Å². The quantitative estimate of drug-likeness (QED) is 0.355. The first kappa shape index (κ1) is 24.5. The Morgan fingerprint density at radius 2 is 1.03 bits per heavy atom. The van der Waals surface area contributed by atoms with Gasteiger partial charge in [-0.1, -0.05) is 102 Å². The summed E-state index contributed by atoms with van der Waals surface area (Å²) in [6, 6.07) is 22.7.